The average molecular weight is 385 g/mol. The Balaban J connectivity index is 1.79. The highest BCUT2D eigenvalue weighted by molar-refractivity contribution is 5.47. The van der Waals surface area contributed by atoms with Crippen LogP contribution in [0.5, 0.6) is 0 Å². The van der Waals surface area contributed by atoms with Gasteiger partial charge in [0.05, 0.1) is 0 Å². The number of nitrogens with zero attached hydrogens (tertiary/aromatic N) is 3. The van der Waals surface area contributed by atoms with Gasteiger partial charge in [0.15, 0.2) is 0 Å². The molecule has 2 rings (SSSR count). The first-order chi connectivity index (χ1) is 13.4. The standard InChI is InChI=1S/C24H40N4/c1-7-25-22(5)12-13-26(6)24-10-8-23(9-11-24)21(4)19-28-16-14-27(15-17-28)18-20(2)3/h7-11,20-21,25H,1,5,12-19H2,2-4,6H3. The lowest BCUT2D eigenvalue weighted by Gasteiger charge is -2.36. The highest BCUT2D eigenvalue weighted by Crippen LogP contribution is 2.22. The second kappa shape index (κ2) is 11.3. The summed E-state index contributed by atoms with van der Waals surface area (Å²) in [6, 6.07) is 9.08. The first-order valence-corrected chi connectivity index (χ1v) is 10.7. The number of rotatable bonds is 11. The molecule has 28 heavy (non-hydrogen) atoms. The summed E-state index contributed by atoms with van der Waals surface area (Å²) in [5.74, 6) is 1.33. The molecule has 156 valence electrons. The lowest BCUT2D eigenvalue weighted by molar-refractivity contribution is 0.118. The van der Waals surface area contributed by atoms with E-state index in [9.17, 15) is 0 Å². The molecule has 0 bridgehead atoms. The molecule has 4 heteroatoms. The Hall–Kier alpha value is -1.78. The molecular formula is C24H40N4. The minimum atomic E-state index is 0.563. The summed E-state index contributed by atoms with van der Waals surface area (Å²) in [5, 5.41) is 3.06. The van der Waals surface area contributed by atoms with Crippen LogP contribution < -0.4 is 10.2 Å². The van der Waals surface area contributed by atoms with Gasteiger partial charge in [-0.1, -0.05) is 46.1 Å². The van der Waals surface area contributed by atoms with E-state index in [4.69, 9.17) is 0 Å². The fraction of sp³-hybridized carbons (Fsp3) is 0.583. The largest absolute Gasteiger partial charge is 0.374 e. The molecule has 0 radical (unpaired) electrons. The van der Waals surface area contributed by atoms with E-state index in [1.165, 1.54) is 44.0 Å². The van der Waals surface area contributed by atoms with Crippen LogP contribution in [0.1, 0.15) is 38.7 Å². The van der Waals surface area contributed by atoms with Gasteiger partial charge in [-0.3, -0.25) is 0 Å². The number of benzene rings is 1. The third kappa shape index (κ3) is 7.33. The molecule has 1 unspecified atom stereocenters. The van der Waals surface area contributed by atoms with Gasteiger partial charge >= 0.3 is 0 Å². The molecule has 0 aliphatic carbocycles. The predicted molar refractivity (Wildman–Crippen MR) is 123 cm³/mol. The van der Waals surface area contributed by atoms with Crippen LogP contribution in [0.15, 0.2) is 49.3 Å². The first-order valence-electron chi connectivity index (χ1n) is 10.7. The van der Waals surface area contributed by atoms with E-state index >= 15 is 0 Å². The zero-order valence-electron chi connectivity index (χ0n) is 18.5. The number of hydrogen-bond acceptors (Lipinski definition) is 4. The van der Waals surface area contributed by atoms with Gasteiger partial charge < -0.3 is 20.0 Å². The summed E-state index contributed by atoms with van der Waals surface area (Å²) in [6.45, 7) is 22.8. The second-order valence-electron chi connectivity index (χ2n) is 8.61. The maximum Gasteiger partial charge on any atom is 0.0363 e. The van der Waals surface area contributed by atoms with E-state index in [2.05, 4.69) is 85.3 Å². The van der Waals surface area contributed by atoms with Crippen LogP contribution >= 0.6 is 0 Å². The highest BCUT2D eigenvalue weighted by Gasteiger charge is 2.19. The molecule has 1 aliphatic rings. The Bertz CT molecular complexity index is 600. The van der Waals surface area contributed by atoms with Crippen LogP contribution in [0.25, 0.3) is 0 Å². The second-order valence-corrected chi connectivity index (χ2v) is 8.61. The predicted octanol–water partition coefficient (Wildman–Crippen LogP) is 4.14. The Kier molecular flexibility index (Phi) is 9.07. The fourth-order valence-electron chi connectivity index (χ4n) is 3.87. The molecule has 1 fully saturated rings. The highest BCUT2D eigenvalue weighted by atomic mass is 15.3. The van der Waals surface area contributed by atoms with Gasteiger partial charge in [0.2, 0.25) is 0 Å². The van der Waals surface area contributed by atoms with Gasteiger partial charge in [0.1, 0.15) is 0 Å². The van der Waals surface area contributed by atoms with Crippen molar-refractivity contribution in [3.63, 3.8) is 0 Å². The maximum atomic E-state index is 4.00. The molecule has 1 heterocycles. The van der Waals surface area contributed by atoms with Gasteiger partial charge in [-0.05, 0) is 35.7 Å². The molecule has 1 saturated heterocycles. The number of piperazine rings is 1. The quantitative estimate of drug-likeness (QED) is 0.619. The molecule has 1 aromatic rings. The van der Waals surface area contributed by atoms with Crippen molar-refractivity contribution in [2.24, 2.45) is 5.92 Å². The zero-order valence-corrected chi connectivity index (χ0v) is 18.5. The topological polar surface area (TPSA) is 21.8 Å². The van der Waals surface area contributed by atoms with E-state index < -0.39 is 0 Å². The van der Waals surface area contributed by atoms with Gasteiger partial charge in [-0.2, -0.15) is 0 Å². The van der Waals surface area contributed by atoms with E-state index in [0.29, 0.717) is 5.92 Å². The molecule has 0 saturated carbocycles. The Labute approximate surface area is 172 Å². The minimum absolute atomic E-state index is 0.563. The van der Waals surface area contributed by atoms with E-state index in [0.717, 1.165) is 31.1 Å². The lowest BCUT2D eigenvalue weighted by Crippen LogP contribution is -2.48. The van der Waals surface area contributed by atoms with Gasteiger partial charge in [0.25, 0.3) is 0 Å². The summed E-state index contributed by atoms with van der Waals surface area (Å²) in [4.78, 5) is 7.51. The van der Waals surface area contributed by atoms with Crippen molar-refractivity contribution >= 4 is 5.69 Å². The molecule has 1 aromatic carbocycles. The van der Waals surface area contributed by atoms with Crippen molar-refractivity contribution in [3.05, 3.63) is 54.9 Å². The lowest BCUT2D eigenvalue weighted by atomic mass is 9.99. The van der Waals surface area contributed by atoms with Gasteiger partial charge in [-0.15, -0.1) is 0 Å². The molecule has 1 aliphatic heterocycles. The summed E-state index contributed by atoms with van der Waals surface area (Å²) in [5.41, 5.74) is 3.68. The molecule has 0 amide bonds. The minimum Gasteiger partial charge on any atom is -0.374 e. The maximum absolute atomic E-state index is 4.00. The summed E-state index contributed by atoms with van der Waals surface area (Å²) >= 11 is 0. The number of nitrogens with one attached hydrogen (secondary N) is 1. The van der Waals surface area contributed by atoms with Gasteiger partial charge in [0, 0.05) is 70.7 Å². The Morgan fingerprint density at radius 3 is 2.18 bits per heavy atom. The van der Waals surface area contributed by atoms with Crippen LogP contribution in [0.2, 0.25) is 0 Å². The SMILES string of the molecule is C=CNC(=C)CCN(C)c1ccc(C(C)CN2CCN(CC(C)C)CC2)cc1. The van der Waals surface area contributed by atoms with E-state index in [-0.39, 0.29) is 0 Å². The third-order valence-electron chi connectivity index (χ3n) is 5.58. The van der Waals surface area contributed by atoms with Crippen molar-refractivity contribution in [2.75, 3.05) is 57.8 Å². The molecular weight excluding hydrogens is 344 g/mol. The normalized spacial score (nSPS) is 16.8. The van der Waals surface area contributed by atoms with E-state index in [1.807, 2.05) is 0 Å². The average Bonchev–Trinajstić information content (AvgIpc) is 2.67. The summed E-state index contributed by atoms with van der Waals surface area (Å²) in [6.07, 6.45) is 2.59. The van der Waals surface area contributed by atoms with Crippen molar-refractivity contribution in [1.29, 1.82) is 0 Å². The van der Waals surface area contributed by atoms with Crippen LogP contribution in [-0.2, 0) is 0 Å². The number of anilines is 1. The molecule has 1 N–H and O–H groups in total. The third-order valence-corrected chi connectivity index (χ3v) is 5.58. The fourth-order valence-corrected chi connectivity index (χ4v) is 3.87. The Morgan fingerprint density at radius 2 is 1.64 bits per heavy atom. The first kappa shape index (κ1) is 22.5. The van der Waals surface area contributed by atoms with Crippen LogP contribution in [0.3, 0.4) is 0 Å². The van der Waals surface area contributed by atoms with Crippen LogP contribution in [0.4, 0.5) is 5.69 Å². The van der Waals surface area contributed by atoms with Crippen molar-refractivity contribution < 1.29 is 0 Å². The monoisotopic (exact) mass is 384 g/mol. The number of hydrogen-bond donors (Lipinski definition) is 1. The Morgan fingerprint density at radius 1 is 1.07 bits per heavy atom. The van der Waals surface area contributed by atoms with Gasteiger partial charge in [-0.25, -0.2) is 0 Å². The molecule has 0 aromatic heterocycles. The van der Waals surface area contributed by atoms with Crippen LogP contribution in [-0.4, -0.2) is 62.7 Å². The van der Waals surface area contributed by atoms with E-state index in [1.54, 1.807) is 6.20 Å². The summed E-state index contributed by atoms with van der Waals surface area (Å²) in [7, 11) is 2.14. The molecule has 0 spiro atoms. The van der Waals surface area contributed by atoms with Crippen LogP contribution in [0, 0.1) is 5.92 Å². The smallest absolute Gasteiger partial charge is 0.0363 e. The molecule has 4 nitrogen and oxygen atoms in total. The van der Waals surface area contributed by atoms with Crippen molar-refractivity contribution in [1.82, 2.24) is 15.1 Å². The van der Waals surface area contributed by atoms with Crippen molar-refractivity contribution in [2.45, 2.75) is 33.1 Å². The van der Waals surface area contributed by atoms with Crippen molar-refractivity contribution in [3.8, 4) is 0 Å². The zero-order chi connectivity index (χ0) is 20.5. The summed E-state index contributed by atoms with van der Waals surface area (Å²) < 4.78 is 0. The molecule has 1 atom stereocenters.